The van der Waals surface area contributed by atoms with Gasteiger partial charge in [-0.3, -0.25) is 24.5 Å². The second kappa shape index (κ2) is 8.67. The van der Waals surface area contributed by atoms with Crippen LogP contribution in [0.3, 0.4) is 0 Å². The number of non-ortho nitro benzene ring substituents is 1. The van der Waals surface area contributed by atoms with Gasteiger partial charge in [0.15, 0.2) is 0 Å². The van der Waals surface area contributed by atoms with Crippen LogP contribution in [0.2, 0.25) is 0 Å². The number of benzene rings is 1. The minimum Gasteiger partial charge on any atom is -0.494 e. The third-order valence-electron chi connectivity index (χ3n) is 4.36. The molecule has 2 aromatic rings. The molecule has 1 heterocycles. The molecule has 0 amide bonds. The van der Waals surface area contributed by atoms with Crippen LogP contribution in [0, 0.1) is 28.4 Å². The fraction of sp³-hybridized carbons (Fsp3) is 0.278. The molecule has 0 spiro atoms. The molecule has 1 aromatic carbocycles. The van der Waals surface area contributed by atoms with Crippen LogP contribution in [0.25, 0.3) is 0 Å². The fourth-order valence-electron chi connectivity index (χ4n) is 2.60. The topological polar surface area (TPSA) is 122 Å². The molecule has 2 rings (SSSR count). The third kappa shape index (κ3) is 4.00. The molecule has 146 valence electrons. The van der Waals surface area contributed by atoms with Crippen molar-refractivity contribution in [1.29, 1.82) is 5.26 Å². The highest BCUT2D eigenvalue weighted by Gasteiger charge is 2.21. The summed E-state index contributed by atoms with van der Waals surface area (Å²) < 4.78 is 1.92. The van der Waals surface area contributed by atoms with E-state index in [1.165, 1.54) is 22.9 Å². The van der Waals surface area contributed by atoms with E-state index < -0.39 is 10.5 Å². The highest BCUT2D eigenvalue weighted by atomic mass is 79.9. The minimum absolute atomic E-state index is 0.0682. The first kappa shape index (κ1) is 21.8. The molecule has 1 aromatic heterocycles. The van der Waals surface area contributed by atoms with Gasteiger partial charge in [-0.25, -0.2) is 0 Å². The van der Waals surface area contributed by atoms with Crippen LogP contribution in [0.5, 0.6) is 5.88 Å². The number of aromatic hydroxyl groups is 1. The Bertz CT molecular complexity index is 1060. The Morgan fingerprint density at radius 1 is 1.43 bits per heavy atom. The molecule has 0 aliphatic heterocycles. The summed E-state index contributed by atoms with van der Waals surface area (Å²) in [4.78, 5) is 27.3. The lowest BCUT2D eigenvalue weighted by atomic mass is 10.0. The molecule has 1 N–H and O–H groups in total. The summed E-state index contributed by atoms with van der Waals surface area (Å²) >= 11 is 6.49. The molecule has 1 atom stereocenters. The number of hydrogen-bond donors (Lipinski definition) is 1. The number of nitrogens with zero attached hydrogens (tertiary/aromatic N) is 4. The molecule has 1 unspecified atom stereocenters. The monoisotopic (exact) mass is 510 g/mol. The summed E-state index contributed by atoms with van der Waals surface area (Å²) in [5.41, 5.74) is 0.164. The van der Waals surface area contributed by atoms with E-state index in [2.05, 4.69) is 36.9 Å². The zero-order chi connectivity index (χ0) is 21.2. The largest absolute Gasteiger partial charge is 0.494 e. The SMILES string of the molecule is CCC(C)n1c(O)c(C=Nc2c(Br)cc([N+](=O)[O-])cc2Br)c(C)c(C#N)c1=O. The Morgan fingerprint density at radius 3 is 2.46 bits per heavy atom. The van der Waals surface area contributed by atoms with Crippen LogP contribution in [-0.4, -0.2) is 20.8 Å². The van der Waals surface area contributed by atoms with Crippen molar-refractivity contribution in [2.75, 3.05) is 0 Å². The van der Waals surface area contributed by atoms with E-state index in [-0.39, 0.29) is 28.7 Å². The molecule has 8 nitrogen and oxygen atoms in total. The number of hydrogen-bond acceptors (Lipinski definition) is 6. The molecule has 0 bridgehead atoms. The summed E-state index contributed by atoms with van der Waals surface area (Å²) in [6.45, 7) is 5.19. The Morgan fingerprint density at radius 2 is 2.00 bits per heavy atom. The lowest BCUT2D eigenvalue weighted by molar-refractivity contribution is -0.385. The summed E-state index contributed by atoms with van der Waals surface area (Å²) in [5, 5.41) is 31.0. The van der Waals surface area contributed by atoms with Crippen molar-refractivity contribution in [1.82, 2.24) is 4.57 Å². The van der Waals surface area contributed by atoms with Crippen LogP contribution in [0.1, 0.15) is 43.0 Å². The molecule has 0 saturated heterocycles. The highest BCUT2D eigenvalue weighted by Crippen LogP contribution is 2.37. The minimum atomic E-state index is -0.554. The summed E-state index contributed by atoms with van der Waals surface area (Å²) in [5.74, 6) is -0.284. The van der Waals surface area contributed by atoms with E-state index in [1.807, 2.05) is 13.0 Å². The molecular formula is C18H16Br2N4O4. The van der Waals surface area contributed by atoms with E-state index >= 15 is 0 Å². The van der Waals surface area contributed by atoms with Crippen molar-refractivity contribution < 1.29 is 10.0 Å². The van der Waals surface area contributed by atoms with Crippen molar-refractivity contribution in [3.05, 3.63) is 58.2 Å². The van der Waals surface area contributed by atoms with Gasteiger partial charge in [-0.05, 0) is 57.7 Å². The second-order valence-corrected chi connectivity index (χ2v) is 7.76. The molecule has 0 fully saturated rings. The maximum atomic E-state index is 12.5. The number of aromatic nitrogens is 1. The van der Waals surface area contributed by atoms with E-state index in [0.717, 1.165) is 0 Å². The zero-order valence-electron chi connectivity index (χ0n) is 15.2. The van der Waals surface area contributed by atoms with Gasteiger partial charge >= 0.3 is 0 Å². The van der Waals surface area contributed by atoms with Crippen molar-refractivity contribution in [3.8, 4) is 11.9 Å². The average Bonchev–Trinajstić information content (AvgIpc) is 2.63. The van der Waals surface area contributed by atoms with Gasteiger partial charge in [-0.2, -0.15) is 5.26 Å². The first-order valence-electron chi connectivity index (χ1n) is 8.19. The summed E-state index contributed by atoms with van der Waals surface area (Å²) in [7, 11) is 0. The van der Waals surface area contributed by atoms with Gasteiger partial charge in [-0.15, -0.1) is 0 Å². The third-order valence-corrected chi connectivity index (χ3v) is 5.57. The van der Waals surface area contributed by atoms with Gasteiger partial charge in [-0.1, -0.05) is 6.92 Å². The smallest absolute Gasteiger partial charge is 0.271 e. The molecule has 0 saturated carbocycles. The van der Waals surface area contributed by atoms with Gasteiger partial charge in [0.25, 0.3) is 11.2 Å². The number of nitro benzene ring substituents is 1. The first-order valence-corrected chi connectivity index (χ1v) is 9.78. The number of pyridine rings is 1. The quantitative estimate of drug-likeness (QED) is 0.348. The second-order valence-electron chi connectivity index (χ2n) is 6.05. The normalized spacial score (nSPS) is 12.1. The molecule has 0 radical (unpaired) electrons. The van der Waals surface area contributed by atoms with Crippen LogP contribution in [0.4, 0.5) is 11.4 Å². The summed E-state index contributed by atoms with van der Waals surface area (Å²) in [6.07, 6.45) is 1.91. The molecule has 0 aliphatic rings. The Balaban J connectivity index is 2.69. The van der Waals surface area contributed by atoms with Crippen molar-refractivity contribution in [3.63, 3.8) is 0 Å². The molecule has 28 heavy (non-hydrogen) atoms. The fourth-order valence-corrected chi connectivity index (χ4v) is 3.96. The van der Waals surface area contributed by atoms with Gasteiger partial charge < -0.3 is 5.11 Å². The van der Waals surface area contributed by atoms with E-state index in [4.69, 9.17) is 0 Å². The first-order chi connectivity index (χ1) is 13.1. The van der Waals surface area contributed by atoms with Crippen LogP contribution in [-0.2, 0) is 0 Å². The lowest BCUT2D eigenvalue weighted by Gasteiger charge is -2.18. The number of rotatable bonds is 5. The van der Waals surface area contributed by atoms with Gasteiger partial charge in [0, 0.05) is 24.4 Å². The van der Waals surface area contributed by atoms with Crippen LogP contribution < -0.4 is 5.56 Å². The molecular weight excluding hydrogens is 496 g/mol. The van der Waals surface area contributed by atoms with Crippen LogP contribution >= 0.6 is 31.9 Å². The van der Waals surface area contributed by atoms with Crippen molar-refractivity contribution in [2.45, 2.75) is 33.2 Å². The number of nitriles is 1. The maximum absolute atomic E-state index is 12.5. The Hall–Kier alpha value is -2.51. The maximum Gasteiger partial charge on any atom is 0.271 e. The van der Waals surface area contributed by atoms with Gasteiger partial charge in [0.2, 0.25) is 5.88 Å². The van der Waals surface area contributed by atoms with Crippen molar-refractivity contribution >= 4 is 49.4 Å². The predicted molar refractivity (Wildman–Crippen MR) is 113 cm³/mol. The van der Waals surface area contributed by atoms with E-state index in [9.17, 15) is 25.3 Å². The van der Waals surface area contributed by atoms with E-state index in [0.29, 0.717) is 26.6 Å². The molecule has 10 heteroatoms. The van der Waals surface area contributed by atoms with Crippen LogP contribution in [0.15, 0.2) is 30.9 Å². The lowest BCUT2D eigenvalue weighted by Crippen LogP contribution is -2.27. The zero-order valence-corrected chi connectivity index (χ0v) is 18.4. The standard InChI is InChI=1S/C18H16Br2N4O4/c1-4-9(2)23-17(25)12(7-21)10(3)13(18(23)26)8-22-16-14(19)5-11(24(27)28)6-15(16)20/h5-6,8-9,26H,4H2,1-3H3. The number of halogens is 2. The Labute approximate surface area is 177 Å². The Kier molecular flexibility index (Phi) is 6.74. The molecule has 0 aliphatic carbocycles. The number of nitro groups is 1. The predicted octanol–water partition coefficient (Wildman–Crippen LogP) is 4.89. The van der Waals surface area contributed by atoms with E-state index in [1.54, 1.807) is 13.8 Å². The number of aliphatic imine (C=N–C) groups is 1. The summed E-state index contributed by atoms with van der Waals surface area (Å²) in [6, 6.07) is 4.20. The van der Waals surface area contributed by atoms with Crippen molar-refractivity contribution in [2.24, 2.45) is 4.99 Å². The van der Waals surface area contributed by atoms with Gasteiger partial charge in [0.05, 0.1) is 25.1 Å². The average molecular weight is 512 g/mol. The highest BCUT2D eigenvalue weighted by molar-refractivity contribution is 9.11. The van der Waals surface area contributed by atoms with Gasteiger partial charge in [0.1, 0.15) is 11.6 Å².